The summed E-state index contributed by atoms with van der Waals surface area (Å²) in [7, 11) is 0. The number of benzene rings is 1. The molecule has 0 aliphatic carbocycles. The minimum Gasteiger partial charge on any atom is -0.381 e. The molecule has 0 bridgehead atoms. The zero-order chi connectivity index (χ0) is 13.5. The Kier molecular flexibility index (Phi) is 5.87. The molecule has 1 unspecified atom stereocenters. The molecule has 0 spiro atoms. The van der Waals surface area contributed by atoms with Gasteiger partial charge in [0.1, 0.15) is 0 Å². The number of rotatable bonds is 6. The van der Waals surface area contributed by atoms with E-state index in [1.807, 2.05) is 0 Å². The van der Waals surface area contributed by atoms with Gasteiger partial charge in [-0.3, -0.25) is 0 Å². The van der Waals surface area contributed by atoms with Crippen LogP contribution in [0.5, 0.6) is 0 Å². The summed E-state index contributed by atoms with van der Waals surface area (Å²) < 4.78 is 5.47. The van der Waals surface area contributed by atoms with Gasteiger partial charge in [-0.15, -0.1) is 0 Å². The van der Waals surface area contributed by atoms with Crippen LogP contribution in [0.15, 0.2) is 24.3 Å². The number of hydrogen-bond donors (Lipinski definition) is 1. The maximum atomic E-state index is 5.47. The molecule has 0 radical (unpaired) electrons. The van der Waals surface area contributed by atoms with Crippen molar-refractivity contribution in [3.05, 3.63) is 35.4 Å². The molecule has 0 aromatic heterocycles. The van der Waals surface area contributed by atoms with Crippen LogP contribution >= 0.6 is 0 Å². The number of hydrogen-bond acceptors (Lipinski definition) is 2. The molecule has 1 atom stereocenters. The van der Waals surface area contributed by atoms with Crippen LogP contribution < -0.4 is 5.32 Å². The lowest BCUT2D eigenvalue weighted by atomic mass is 9.88. The zero-order valence-corrected chi connectivity index (χ0v) is 12.3. The second kappa shape index (κ2) is 7.66. The first-order chi connectivity index (χ1) is 9.31. The van der Waals surface area contributed by atoms with Gasteiger partial charge in [0.15, 0.2) is 0 Å². The smallest absolute Gasteiger partial charge is 0.0468 e. The third-order valence-electron chi connectivity index (χ3n) is 4.11. The lowest BCUT2D eigenvalue weighted by molar-refractivity contribution is 0.0605. The second-order valence-corrected chi connectivity index (χ2v) is 5.65. The highest BCUT2D eigenvalue weighted by Gasteiger charge is 2.20. The molecule has 2 heteroatoms. The molecule has 1 fully saturated rings. The molecule has 1 heterocycles. The molecule has 0 amide bonds. The SMILES string of the molecule is CCCNC(CC1CCOCC1)c1ccccc1C. The minimum atomic E-state index is 0.504. The monoisotopic (exact) mass is 261 g/mol. The van der Waals surface area contributed by atoms with E-state index >= 15 is 0 Å². The predicted octanol–water partition coefficient (Wildman–Crippen LogP) is 3.85. The van der Waals surface area contributed by atoms with E-state index in [0.29, 0.717) is 6.04 Å². The summed E-state index contributed by atoms with van der Waals surface area (Å²) in [5.74, 6) is 0.808. The van der Waals surface area contributed by atoms with E-state index in [2.05, 4.69) is 43.4 Å². The van der Waals surface area contributed by atoms with Crippen molar-refractivity contribution < 1.29 is 4.74 Å². The van der Waals surface area contributed by atoms with Crippen molar-refractivity contribution in [2.75, 3.05) is 19.8 Å². The Labute approximate surface area is 117 Å². The van der Waals surface area contributed by atoms with Crippen molar-refractivity contribution in [2.45, 2.75) is 45.6 Å². The standard InChI is InChI=1S/C17H27NO/c1-3-10-18-17(13-15-8-11-19-12-9-15)16-7-5-4-6-14(16)2/h4-7,15,17-18H,3,8-13H2,1-2H3. The fraction of sp³-hybridized carbons (Fsp3) is 0.647. The lowest BCUT2D eigenvalue weighted by Crippen LogP contribution is -2.27. The van der Waals surface area contributed by atoms with E-state index in [9.17, 15) is 0 Å². The highest BCUT2D eigenvalue weighted by Crippen LogP contribution is 2.29. The average Bonchev–Trinajstić information content (AvgIpc) is 2.45. The summed E-state index contributed by atoms with van der Waals surface area (Å²) >= 11 is 0. The van der Waals surface area contributed by atoms with Crippen LogP contribution in [0.2, 0.25) is 0 Å². The van der Waals surface area contributed by atoms with Crippen molar-refractivity contribution >= 4 is 0 Å². The molecule has 1 aliphatic rings. The van der Waals surface area contributed by atoms with E-state index in [0.717, 1.165) is 25.7 Å². The second-order valence-electron chi connectivity index (χ2n) is 5.65. The van der Waals surface area contributed by atoms with Gasteiger partial charge >= 0.3 is 0 Å². The normalized spacial score (nSPS) is 18.4. The maximum Gasteiger partial charge on any atom is 0.0468 e. The summed E-state index contributed by atoms with van der Waals surface area (Å²) in [5.41, 5.74) is 2.88. The molecule has 1 N–H and O–H groups in total. The van der Waals surface area contributed by atoms with Gasteiger partial charge in [0.05, 0.1) is 0 Å². The summed E-state index contributed by atoms with van der Waals surface area (Å²) in [6.07, 6.45) is 4.87. The molecular weight excluding hydrogens is 234 g/mol. The molecule has 2 rings (SSSR count). The predicted molar refractivity (Wildman–Crippen MR) is 80.4 cm³/mol. The highest BCUT2D eigenvalue weighted by atomic mass is 16.5. The molecule has 1 saturated heterocycles. The zero-order valence-electron chi connectivity index (χ0n) is 12.3. The van der Waals surface area contributed by atoms with Crippen molar-refractivity contribution in [3.63, 3.8) is 0 Å². The molecule has 1 aliphatic heterocycles. The van der Waals surface area contributed by atoms with Crippen LogP contribution in [-0.4, -0.2) is 19.8 Å². The summed E-state index contributed by atoms with van der Waals surface area (Å²) in [6, 6.07) is 9.29. The van der Waals surface area contributed by atoms with Gasteiger partial charge in [-0.2, -0.15) is 0 Å². The lowest BCUT2D eigenvalue weighted by Gasteiger charge is -2.28. The first kappa shape index (κ1) is 14.5. The molecule has 106 valence electrons. The Hall–Kier alpha value is -0.860. The molecule has 1 aromatic rings. The molecular formula is C17H27NO. The van der Waals surface area contributed by atoms with Gasteiger partial charge in [0.25, 0.3) is 0 Å². The van der Waals surface area contributed by atoms with Crippen LogP contribution in [0.1, 0.15) is 49.8 Å². The van der Waals surface area contributed by atoms with E-state index < -0.39 is 0 Å². The van der Waals surface area contributed by atoms with Crippen LogP contribution in [0.4, 0.5) is 0 Å². The van der Waals surface area contributed by atoms with Gasteiger partial charge in [0.2, 0.25) is 0 Å². The third-order valence-corrected chi connectivity index (χ3v) is 4.11. The molecule has 0 saturated carbocycles. The van der Waals surface area contributed by atoms with Gasteiger partial charge < -0.3 is 10.1 Å². The quantitative estimate of drug-likeness (QED) is 0.839. The molecule has 19 heavy (non-hydrogen) atoms. The molecule has 1 aromatic carbocycles. The summed E-state index contributed by atoms with van der Waals surface area (Å²) in [5, 5.41) is 3.73. The van der Waals surface area contributed by atoms with Crippen molar-refractivity contribution in [3.8, 4) is 0 Å². The van der Waals surface area contributed by atoms with Gasteiger partial charge in [-0.1, -0.05) is 31.2 Å². The fourth-order valence-corrected chi connectivity index (χ4v) is 2.93. The van der Waals surface area contributed by atoms with Crippen molar-refractivity contribution in [1.82, 2.24) is 5.32 Å². The topological polar surface area (TPSA) is 21.3 Å². The first-order valence-corrected chi connectivity index (χ1v) is 7.68. The number of ether oxygens (including phenoxy) is 1. The van der Waals surface area contributed by atoms with E-state index in [1.54, 1.807) is 0 Å². The number of aryl methyl sites for hydroxylation is 1. The maximum absolute atomic E-state index is 5.47. The van der Waals surface area contributed by atoms with Gasteiger partial charge in [0, 0.05) is 19.3 Å². The Balaban J connectivity index is 2.04. The minimum absolute atomic E-state index is 0.504. The van der Waals surface area contributed by atoms with E-state index in [1.165, 1.54) is 36.8 Å². The van der Waals surface area contributed by atoms with Crippen molar-refractivity contribution in [1.29, 1.82) is 0 Å². The van der Waals surface area contributed by atoms with Crippen LogP contribution in [0.3, 0.4) is 0 Å². The summed E-state index contributed by atoms with van der Waals surface area (Å²) in [4.78, 5) is 0. The average molecular weight is 261 g/mol. The van der Waals surface area contributed by atoms with Gasteiger partial charge in [-0.05, 0) is 56.2 Å². The van der Waals surface area contributed by atoms with Crippen LogP contribution in [-0.2, 0) is 4.74 Å². The third kappa shape index (κ3) is 4.32. The largest absolute Gasteiger partial charge is 0.381 e. The van der Waals surface area contributed by atoms with Crippen molar-refractivity contribution in [2.24, 2.45) is 5.92 Å². The van der Waals surface area contributed by atoms with Gasteiger partial charge in [-0.25, -0.2) is 0 Å². The van der Waals surface area contributed by atoms with Crippen LogP contribution in [0, 0.1) is 12.8 Å². The number of nitrogens with one attached hydrogen (secondary N) is 1. The van der Waals surface area contributed by atoms with E-state index in [-0.39, 0.29) is 0 Å². The fourth-order valence-electron chi connectivity index (χ4n) is 2.93. The Morgan fingerprint density at radius 3 is 2.68 bits per heavy atom. The Bertz CT molecular complexity index is 371. The Morgan fingerprint density at radius 2 is 2.00 bits per heavy atom. The Morgan fingerprint density at radius 1 is 1.26 bits per heavy atom. The first-order valence-electron chi connectivity index (χ1n) is 7.68. The van der Waals surface area contributed by atoms with Crippen LogP contribution in [0.25, 0.3) is 0 Å². The summed E-state index contributed by atoms with van der Waals surface area (Å²) in [6.45, 7) is 7.44. The molecule has 2 nitrogen and oxygen atoms in total. The van der Waals surface area contributed by atoms with E-state index in [4.69, 9.17) is 4.74 Å². The highest BCUT2D eigenvalue weighted by molar-refractivity contribution is 5.28.